The van der Waals surface area contributed by atoms with Gasteiger partial charge in [-0.2, -0.15) is 0 Å². The Hall–Kier alpha value is -2.11. The SMILES string of the molecule is CC[C@@H](Oc1cccc(Cl)c1)C(=O)Nc1cc(OC)c(Cl)cc1OC. The Bertz CT molecular complexity index is 752. The molecule has 0 aliphatic heterocycles. The summed E-state index contributed by atoms with van der Waals surface area (Å²) in [4.78, 5) is 12.6. The van der Waals surface area contributed by atoms with Gasteiger partial charge in [0.05, 0.1) is 24.9 Å². The normalized spacial score (nSPS) is 11.6. The molecule has 0 aromatic heterocycles. The number of benzene rings is 2. The number of nitrogens with one attached hydrogen (secondary N) is 1. The second-order valence-electron chi connectivity index (χ2n) is 5.15. The number of amides is 1. The Morgan fingerprint density at radius 1 is 1.12 bits per heavy atom. The highest BCUT2D eigenvalue weighted by molar-refractivity contribution is 6.32. The Morgan fingerprint density at radius 3 is 2.44 bits per heavy atom. The molecule has 1 atom stereocenters. The molecular formula is C18H19Cl2NO4. The molecule has 0 fully saturated rings. The standard InChI is InChI=1S/C18H19Cl2NO4/c1-4-15(25-12-7-5-6-11(19)8-12)18(22)21-14-10-16(23-2)13(20)9-17(14)24-3/h5-10,15H,4H2,1-3H3,(H,21,22)/t15-/m1/s1. The number of rotatable bonds is 7. The second kappa shape index (κ2) is 8.83. The van der Waals surface area contributed by atoms with Crippen molar-refractivity contribution < 1.29 is 19.0 Å². The maximum Gasteiger partial charge on any atom is 0.265 e. The van der Waals surface area contributed by atoms with Crippen LogP contribution in [0.15, 0.2) is 36.4 Å². The molecule has 5 nitrogen and oxygen atoms in total. The summed E-state index contributed by atoms with van der Waals surface area (Å²) in [6.45, 7) is 1.86. The minimum atomic E-state index is -0.690. The molecule has 0 unspecified atom stereocenters. The van der Waals surface area contributed by atoms with Gasteiger partial charge in [0.1, 0.15) is 17.2 Å². The summed E-state index contributed by atoms with van der Waals surface area (Å²) >= 11 is 12.0. The number of methoxy groups -OCH3 is 2. The molecule has 0 radical (unpaired) electrons. The number of halogens is 2. The minimum absolute atomic E-state index is 0.315. The molecule has 2 aromatic carbocycles. The average molecular weight is 384 g/mol. The van der Waals surface area contributed by atoms with Gasteiger partial charge in [-0.1, -0.05) is 36.2 Å². The van der Waals surface area contributed by atoms with Gasteiger partial charge in [-0.15, -0.1) is 0 Å². The molecule has 2 aromatic rings. The lowest BCUT2D eigenvalue weighted by Gasteiger charge is -2.19. The van der Waals surface area contributed by atoms with Crippen LogP contribution in [-0.2, 0) is 4.79 Å². The monoisotopic (exact) mass is 383 g/mol. The molecule has 25 heavy (non-hydrogen) atoms. The lowest BCUT2D eigenvalue weighted by Crippen LogP contribution is -2.32. The number of hydrogen-bond acceptors (Lipinski definition) is 4. The first-order chi connectivity index (χ1) is 12.0. The van der Waals surface area contributed by atoms with E-state index in [9.17, 15) is 4.79 Å². The predicted octanol–water partition coefficient (Wildman–Crippen LogP) is 4.81. The van der Waals surface area contributed by atoms with Crippen LogP contribution in [0.25, 0.3) is 0 Å². The number of carbonyl (C=O) groups excluding carboxylic acids is 1. The van der Waals surface area contributed by atoms with Crippen molar-refractivity contribution in [2.45, 2.75) is 19.4 Å². The van der Waals surface area contributed by atoms with E-state index in [1.54, 1.807) is 36.4 Å². The van der Waals surface area contributed by atoms with Gasteiger partial charge in [-0.3, -0.25) is 4.79 Å². The fraction of sp³-hybridized carbons (Fsp3) is 0.278. The summed E-state index contributed by atoms with van der Waals surface area (Å²) in [5, 5.41) is 3.72. The summed E-state index contributed by atoms with van der Waals surface area (Å²) < 4.78 is 16.2. The molecule has 1 N–H and O–H groups in total. The fourth-order valence-electron chi connectivity index (χ4n) is 2.20. The van der Waals surface area contributed by atoms with Crippen LogP contribution in [-0.4, -0.2) is 26.2 Å². The Morgan fingerprint density at radius 2 is 1.84 bits per heavy atom. The predicted molar refractivity (Wildman–Crippen MR) is 99.3 cm³/mol. The number of ether oxygens (including phenoxy) is 3. The number of anilines is 1. The summed E-state index contributed by atoms with van der Waals surface area (Å²) in [5.41, 5.74) is 0.446. The first kappa shape index (κ1) is 19.2. The van der Waals surface area contributed by atoms with E-state index in [4.69, 9.17) is 37.4 Å². The van der Waals surface area contributed by atoms with Crippen molar-refractivity contribution in [2.24, 2.45) is 0 Å². The van der Waals surface area contributed by atoms with Crippen molar-refractivity contribution >= 4 is 34.8 Å². The van der Waals surface area contributed by atoms with E-state index < -0.39 is 6.10 Å². The molecule has 1 amide bonds. The van der Waals surface area contributed by atoms with Gasteiger partial charge in [-0.05, 0) is 24.6 Å². The largest absolute Gasteiger partial charge is 0.495 e. The van der Waals surface area contributed by atoms with Crippen LogP contribution in [0.3, 0.4) is 0 Å². The quantitative estimate of drug-likeness (QED) is 0.745. The third-order valence-electron chi connectivity index (χ3n) is 3.47. The van der Waals surface area contributed by atoms with Crippen LogP contribution in [0.5, 0.6) is 17.2 Å². The Kier molecular flexibility index (Phi) is 6.79. The first-order valence-corrected chi connectivity index (χ1v) is 8.38. The topological polar surface area (TPSA) is 56.8 Å². The van der Waals surface area contributed by atoms with Crippen molar-refractivity contribution in [3.63, 3.8) is 0 Å². The van der Waals surface area contributed by atoms with Crippen LogP contribution in [0, 0.1) is 0 Å². The number of hydrogen-bond donors (Lipinski definition) is 1. The maximum absolute atomic E-state index is 12.6. The lowest BCUT2D eigenvalue weighted by atomic mass is 10.2. The third-order valence-corrected chi connectivity index (χ3v) is 4.00. The van der Waals surface area contributed by atoms with Gasteiger partial charge in [0.25, 0.3) is 5.91 Å². The van der Waals surface area contributed by atoms with E-state index in [2.05, 4.69) is 5.32 Å². The third kappa shape index (κ3) is 4.94. The Labute approximate surface area is 156 Å². The van der Waals surface area contributed by atoms with Gasteiger partial charge in [0.15, 0.2) is 6.10 Å². The van der Waals surface area contributed by atoms with Gasteiger partial charge < -0.3 is 19.5 Å². The maximum atomic E-state index is 12.6. The van der Waals surface area contributed by atoms with E-state index in [0.717, 1.165) is 0 Å². The van der Waals surface area contributed by atoms with Crippen molar-refractivity contribution in [3.05, 3.63) is 46.4 Å². The average Bonchev–Trinajstić information content (AvgIpc) is 2.60. The van der Waals surface area contributed by atoms with Crippen molar-refractivity contribution in [1.82, 2.24) is 0 Å². The zero-order valence-corrected chi connectivity index (χ0v) is 15.6. The van der Waals surface area contributed by atoms with Crippen LogP contribution in [0.4, 0.5) is 5.69 Å². The van der Waals surface area contributed by atoms with Gasteiger partial charge in [0.2, 0.25) is 0 Å². The summed E-state index contributed by atoms with van der Waals surface area (Å²) in [6, 6.07) is 10.1. The molecule has 0 saturated carbocycles. The summed E-state index contributed by atoms with van der Waals surface area (Å²) in [5.74, 6) is 1.07. The highest BCUT2D eigenvalue weighted by Crippen LogP contribution is 2.36. The molecule has 2 rings (SSSR count). The van der Waals surface area contributed by atoms with Crippen LogP contribution in [0.2, 0.25) is 10.0 Å². The van der Waals surface area contributed by atoms with E-state index in [-0.39, 0.29) is 5.91 Å². The van der Waals surface area contributed by atoms with Crippen LogP contribution in [0.1, 0.15) is 13.3 Å². The zero-order valence-electron chi connectivity index (χ0n) is 14.1. The van der Waals surface area contributed by atoms with E-state index in [1.807, 2.05) is 6.92 Å². The second-order valence-corrected chi connectivity index (χ2v) is 5.99. The van der Waals surface area contributed by atoms with Crippen LogP contribution >= 0.6 is 23.2 Å². The van der Waals surface area contributed by atoms with Crippen LogP contribution < -0.4 is 19.5 Å². The zero-order chi connectivity index (χ0) is 18.4. The Balaban J connectivity index is 2.19. The molecule has 0 heterocycles. The summed E-state index contributed by atoms with van der Waals surface area (Å²) in [6.07, 6.45) is -0.212. The highest BCUT2D eigenvalue weighted by Gasteiger charge is 2.21. The smallest absolute Gasteiger partial charge is 0.265 e. The fourth-order valence-corrected chi connectivity index (χ4v) is 2.61. The molecule has 7 heteroatoms. The molecular weight excluding hydrogens is 365 g/mol. The lowest BCUT2D eigenvalue weighted by molar-refractivity contribution is -0.122. The molecule has 0 saturated heterocycles. The molecule has 0 aliphatic rings. The highest BCUT2D eigenvalue weighted by atomic mass is 35.5. The summed E-state index contributed by atoms with van der Waals surface area (Å²) in [7, 11) is 2.99. The van der Waals surface area contributed by atoms with Gasteiger partial charge in [-0.25, -0.2) is 0 Å². The molecule has 0 aliphatic carbocycles. The van der Waals surface area contributed by atoms with Crippen molar-refractivity contribution in [3.8, 4) is 17.2 Å². The van der Waals surface area contributed by atoms with E-state index in [1.165, 1.54) is 14.2 Å². The number of carbonyl (C=O) groups is 1. The molecule has 134 valence electrons. The molecule has 0 bridgehead atoms. The molecule has 0 spiro atoms. The van der Waals surface area contributed by atoms with Crippen molar-refractivity contribution in [2.75, 3.05) is 19.5 Å². The van der Waals surface area contributed by atoms with E-state index >= 15 is 0 Å². The minimum Gasteiger partial charge on any atom is -0.495 e. The van der Waals surface area contributed by atoms with E-state index in [0.29, 0.717) is 39.4 Å². The first-order valence-electron chi connectivity index (χ1n) is 7.63. The van der Waals surface area contributed by atoms with Gasteiger partial charge in [0, 0.05) is 17.2 Å². The van der Waals surface area contributed by atoms with Crippen molar-refractivity contribution in [1.29, 1.82) is 0 Å². The van der Waals surface area contributed by atoms with Gasteiger partial charge >= 0.3 is 0 Å².